The number of benzene rings is 2. The lowest BCUT2D eigenvalue weighted by Gasteiger charge is -2.17. The average molecular weight is 295 g/mol. The van der Waals surface area contributed by atoms with Crippen LogP contribution in [-0.2, 0) is 4.79 Å². The molecule has 0 amide bonds. The maximum Gasteiger partial charge on any atom is 0.128 e. The van der Waals surface area contributed by atoms with Gasteiger partial charge in [-0.3, -0.25) is 0 Å². The topological polar surface area (TPSA) is 65.9 Å². The monoisotopic (exact) mass is 295 g/mol. The fourth-order valence-corrected chi connectivity index (χ4v) is 3.10. The van der Waals surface area contributed by atoms with Crippen molar-refractivity contribution in [2.75, 3.05) is 0 Å². The maximum absolute atomic E-state index is 11.5. The molecule has 104 valence electrons. The van der Waals surface area contributed by atoms with Gasteiger partial charge >= 0.3 is 0 Å². The number of carboxylic acid groups (broad SMARTS) is 1. The van der Waals surface area contributed by atoms with Crippen LogP contribution < -0.4 is 5.11 Å². The van der Waals surface area contributed by atoms with Crippen molar-refractivity contribution < 1.29 is 9.90 Å². The standard InChI is InChI=1S/C16H12N2O2S/c19-16(20)14(11-6-2-1-3-7-11)21-15-13-9-5-4-8-12(13)10-17-18-15/h1-10,14H,(H,19,20)/p-1/t14-/m0/s1. The summed E-state index contributed by atoms with van der Waals surface area (Å²) in [6, 6.07) is 16.6. The molecule has 1 aromatic heterocycles. The number of fused-ring (bicyclic) bond motifs is 1. The average Bonchev–Trinajstić information content (AvgIpc) is 2.53. The molecule has 0 radical (unpaired) electrons. The number of thioether (sulfide) groups is 1. The second kappa shape index (κ2) is 5.93. The van der Waals surface area contributed by atoms with E-state index >= 15 is 0 Å². The summed E-state index contributed by atoms with van der Waals surface area (Å²) in [6.07, 6.45) is 1.66. The number of aliphatic carboxylic acids is 1. The first kappa shape index (κ1) is 13.6. The van der Waals surface area contributed by atoms with Gasteiger partial charge < -0.3 is 9.90 Å². The van der Waals surface area contributed by atoms with Gasteiger partial charge in [-0.05, 0) is 5.56 Å². The van der Waals surface area contributed by atoms with Crippen molar-refractivity contribution in [2.45, 2.75) is 10.3 Å². The minimum Gasteiger partial charge on any atom is -0.549 e. The number of hydrogen-bond acceptors (Lipinski definition) is 5. The van der Waals surface area contributed by atoms with E-state index in [2.05, 4.69) is 10.2 Å². The van der Waals surface area contributed by atoms with E-state index < -0.39 is 11.2 Å². The van der Waals surface area contributed by atoms with Gasteiger partial charge in [0.15, 0.2) is 0 Å². The molecule has 0 fully saturated rings. The molecule has 0 spiro atoms. The van der Waals surface area contributed by atoms with Gasteiger partial charge in [-0.25, -0.2) is 0 Å². The first-order chi connectivity index (χ1) is 10.3. The Labute approximate surface area is 125 Å². The molecule has 0 bridgehead atoms. The highest BCUT2D eigenvalue weighted by atomic mass is 32.2. The molecular weight excluding hydrogens is 284 g/mol. The molecule has 0 saturated heterocycles. The molecule has 0 aliphatic rings. The van der Waals surface area contributed by atoms with Crippen molar-refractivity contribution in [1.82, 2.24) is 10.2 Å². The van der Waals surface area contributed by atoms with Gasteiger partial charge in [0.05, 0.1) is 17.4 Å². The van der Waals surface area contributed by atoms with Crippen LogP contribution in [0, 0.1) is 0 Å². The Hall–Kier alpha value is -2.40. The molecule has 0 saturated carbocycles. The van der Waals surface area contributed by atoms with Crippen LogP contribution in [-0.4, -0.2) is 16.2 Å². The first-order valence-electron chi connectivity index (χ1n) is 6.38. The molecule has 0 aliphatic heterocycles. The van der Waals surface area contributed by atoms with E-state index in [1.807, 2.05) is 30.3 Å². The zero-order valence-corrected chi connectivity index (χ0v) is 11.8. The van der Waals surface area contributed by atoms with Crippen LogP contribution in [0.5, 0.6) is 0 Å². The van der Waals surface area contributed by atoms with Crippen molar-refractivity contribution in [2.24, 2.45) is 0 Å². The summed E-state index contributed by atoms with van der Waals surface area (Å²) in [7, 11) is 0. The van der Waals surface area contributed by atoms with Crippen molar-refractivity contribution in [3.8, 4) is 0 Å². The molecular formula is C16H11N2O2S-. The Kier molecular flexibility index (Phi) is 3.83. The summed E-state index contributed by atoms with van der Waals surface area (Å²) in [5.74, 6) is -1.14. The van der Waals surface area contributed by atoms with Gasteiger partial charge in [0.2, 0.25) is 0 Å². The molecule has 0 aliphatic carbocycles. The van der Waals surface area contributed by atoms with Crippen LogP contribution >= 0.6 is 11.8 Å². The number of carbonyl (C=O) groups excluding carboxylic acids is 1. The molecule has 4 nitrogen and oxygen atoms in total. The third-order valence-corrected chi connectivity index (χ3v) is 4.31. The fraction of sp³-hybridized carbons (Fsp3) is 0.0625. The SMILES string of the molecule is O=C([O-])[C@@H](Sc1nncc2ccccc12)c1ccccc1. The Morgan fingerprint density at radius 1 is 1.05 bits per heavy atom. The third-order valence-electron chi connectivity index (χ3n) is 3.08. The predicted octanol–water partition coefficient (Wildman–Crippen LogP) is 2.21. The van der Waals surface area contributed by atoms with E-state index in [1.165, 1.54) is 0 Å². The van der Waals surface area contributed by atoms with E-state index in [0.29, 0.717) is 10.6 Å². The quantitative estimate of drug-likeness (QED) is 0.690. The lowest BCUT2D eigenvalue weighted by Crippen LogP contribution is -2.28. The Bertz CT molecular complexity index is 772. The van der Waals surface area contributed by atoms with Gasteiger partial charge in [-0.15, -0.1) is 5.10 Å². The van der Waals surface area contributed by atoms with Gasteiger partial charge in [0, 0.05) is 10.8 Å². The lowest BCUT2D eigenvalue weighted by molar-refractivity contribution is -0.305. The van der Waals surface area contributed by atoms with Crippen molar-refractivity contribution in [3.63, 3.8) is 0 Å². The van der Waals surface area contributed by atoms with Gasteiger partial charge in [0.25, 0.3) is 0 Å². The Morgan fingerprint density at radius 2 is 1.76 bits per heavy atom. The number of nitrogens with zero attached hydrogens (tertiary/aromatic N) is 2. The second-order valence-corrected chi connectivity index (χ2v) is 5.56. The van der Waals surface area contributed by atoms with E-state index in [9.17, 15) is 9.90 Å². The highest BCUT2D eigenvalue weighted by Crippen LogP contribution is 2.36. The van der Waals surface area contributed by atoms with Crippen LogP contribution in [0.15, 0.2) is 65.8 Å². The van der Waals surface area contributed by atoms with E-state index in [-0.39, 0.29) is 0 Å². The maximum atomic E-state index is 11.5. The highest BCUT2D eigenvalue weighted by Gasteiger charge is 2.17. The number of rotatable bonds is 4. The van der Waals surface area contributed by atoms with Crippen molar-refractivity contribution >= 4 is 28.5 Å². The summed E-state index contributed by atoms with van der Waals surface area (Å²) in [6.45, 7) is 0. The normalized spacial score (nSPS) is 12.2. The minimum absolute atomic E-state index is 0.589. The lowest BCUT2D eigenvalue weighted by atomic mass is 10.1. The first-order valence-corrected chi connectivity index (χ1v) is 7.26. The molecule has 0 unspecified atom stereocenters. The third kappa shape index (κ3) is 2.87. The summed E-state index contributed by atoms with van der Waals surface area (Å²) in [4.78, 5) is 11.5. The number of aromatic nitrogens is 2. The summed E-state index contributed by atoms with van der Waals surface area (Å²) in [5.41, 5.74) is 0.678. The van der Waals surface area contributed by atoms with Gasteiger partial charge in [0.1, 0.15) is 5.03 Å². The zero-order chi connectivity index (χ0) is 14.7. The van der Waals surface area contributed by atoms with E-state index in [0.717, 1.165) is 22.5 Å². The number of carboxylic acids is 1. The number of hydrogen-bond donors (Lipinski definition) is 0. The molecule has 1 atom stereocenters. The van der Waals surface area contributed by atoms with Crippen LogP contribution in [0.1, 0.15) is 10.8 Å². The predicted molar refractivity (Wildman–Crippen MR) is 79.6 cm³/mol. The van der Waals surface area contributed by atoms with Crippen LogP contribution in [0.3, 0.4) is 0 Å². The van der Waals surface area contributed by atoms with Gasteiger partial charge in [-0.1, -0.05) is 66.4 Å². The molecule has 21 heavy (non-hydrogen) atoms. The number of carbonyl (C=O) groups is 1. The van der Waals surface area contributed by atoms with E-state index in [1.54, 1.807) is 30.5 Å². The zero-order valence-electron chi connectivity index (χ0n) is 11.0. The second-order valence-electron chi connectivity index (χ2n) is 4.46. The highest BCUT2D eigenvalue weighted by molar-refractivity contribution is 8.00. The van der Waals surface area contributed by atoms with Crippen LogP contribution in [0.2, 0.25) is 0 Å². The summed E-state index contributed by atoms with van der Waals surface area (Å²) >= 11 is 1.14. The summed E-state index contributed by atoms with van der Waals surface area (Å²) < 4.78 is 0. The van der Waals surface area contributed by atoms with Gasteiger partial charge in [-0.2, -0.15) is 5.10 Å². The Balaban J connectivity index is 2.01. The Morgan fingerprint density at radius 3 is 2.52 bits per heavy atom. The largest absolute Gasteiger partial charge is 0.549 e. The van der Waals surface area contributed by atoms with Crippen molar-refractivity contribution in [1.29, 1.82) is 0 Å². The molecule has 5 heteroatoms. The molecule has 3 rings (SSSR count). The minimum atomic E-state index is -1.14. The van der Waals surface area contributed by atoms with Crippen LogP contribution in [0.25, 0.3) is 10.8 Å². The van der Waals surface area contributed by atoms with Crippen molar-refractivity contribution in [3.05, 3.63) is 66.4 Å². The molecule has 1 heterocycles. The van der Waals surface area contributed by atoms with E-state index in [4.69, 9.17) is 0 Å². The smallest absolute Gasteiger partial charge is 0.128 e. The molecule has 3 aromatic rings. The fourth-order valence-electron chi connectivity index (χ4n) is 2.08. The molecule has 0 N–H and O–H groups in total. The molecule has 2 aromatic carbocycles. The van der Waals surface area contributed by atoms with Crippen LogP contribution in [0.4, 0.5) is 0 Å². The summed E-state index contributed by atoms with van der Waals surface area (Å²) in [5, 5.41) is 21.1.